The van der Waals surface area contributed by atoms with Crippen molar-refractivity contribution in [1.29, 1.82) is 0 Å². The van der Waals surface area contributed by atoms with Crippen LogP contribution in [0.25, 0.3) is 0 Å². The summed E-state index contributed by atoms with van der Waals surface area (Å²) >= 11 is 1.68. The highest BCUT2D eigenvalue weighted by molar-refractivity contribution is 7.13. The molecule has 4 rings (SSSR count). The molecule has 30 heavy (non-hydrogen) atoms. The zero-order valence-corrected chi connectivity index (χ0v) is 18.7. The van der Waals surface area contributed by atoms with Crippen LogP contribution in [0.1, 0.15) is 30.6 Å². The van der Waals surface area contributed by atoms with E-state index in [0.29, 0.717) is 12.6 Å². The number of anilines is 2. The molecule has 0 bridgehead atoms. The van der Waals surface area contributed by atoms with Crippen LogP contribution < -0.4 is 10.2 Å². The summed E-state index contributed by atoms with van der Waals surface area (Å²) < 4.78 is 5.45. The van der Waals surface area contributed by atoms with Gasteiger partial charge in [-0.3, -0.25) is 4.90 Å². The molecule has 2 fully saturated rings. The Balaban J connectivity index is 1.31. The van der Waals surface area contributed by atoms with E-state index >= 15 is 0 Å². The number of carbonyl (C=O) groups excluding carboxylic acids is 1. The van der Waals surface area contributed by atoms with Crippen LogP contribution in [0.4, 0.5) is 15.6 Å². The monoisotopic (exact) mass is 429 g/mol. The Bertz CT molecular complexity index is 834. The molecule has 0 spiro atoms. The summed E-state index contributed by atoms with van der Waals surface area (Å²) in [6.07, 6.45) is 0.946. The van der Waals surface area contributed by atoms with Gasteiger partial charge >= 0.3 is 6.03 Å². The van der Waals surface area contributed by atoms with Crippen LogP contribution in [-0.2, 0) is 4.74 Å². The second-order valence-corrected chi connectivity index (χ2v) is 8.81. The van der Waals surface area contributed by atoms with E-state index in [1.54, 1.807) is 11.3 Å². The molecule has 1 unspecified atom stereocenters. The highest BCUT2D eigenvalue weighted by atomic mass is 32.1. The third-order valence-corrected chi connectivity index (χ3v) is 6.92. The maximum Gasteiger partial charge on any atom is 0.321 e. The van der Waals surface area contributed by atoms with Crippen molar-refractivity contribution in [2.45, 2.75) is 26.3 Å². The van der Waals surface area contributed by atoms with Crippen molar-refractivity contribution in [3.63, 3.8) is 0 Å². The number of hydrogen-bond donors (Lipinski definition) is 1. The fraction of sp³-hybridized carbons (Fsp3) is 0.545. The number of ether oxygens (including phenoxy) is 1. The van der Waals surface area contributed by atoms with Crippen molar-refractivity contribution in [2.24, 2.45) is 0 Å². The Kier molecular flexibility index (Phi) is 6.86. The molecule has 1 aromatic carbocycles. The van der Waals surface area contributed by atoms with Crippen molar-refractivity contribution >= 4 is 28.2 Å². The third-order valence-electron chi connectivity index (χ3n) is 5.90. The van der Waals surface area contributed by atoms with Gasteiger partial charge in [-0.2, -0.15) is 0 Å². The van der Waals surface area contributed by atoms with E-state index in [4.69, 9.17) is 4.74 Å². The van der Waals surface area contributed by atoms with Crippen LogP contribution in [0.3, 0.4) is 0 Å². The predicted octanol–water partition coefficient (Wildman–Crippen LogP) is 3.59. The summed E-state index contributed by atoms with van der Waals surface area (Å²) in [4.78, 5) is 24.0. The number of amides is 2. The molecule has 2 aliphatic rings. The summed E-state index contributed by atoms with van der Waals surface area (Å²) in [7, 11) is 0. The minimum absolute atomic E-state index is 0.0267. The molecule has 2 amide bonds. The van der Waals surface area contributed by atoms with Gasteiger partial charge in [0.2, 0.25) is 0 Å². The highest BCUT2D eigenvalue weighted by Gasteiger charge is 2.21. The van der Waals surface area contributed by atoms with Crippen molar-refractivity contribution < 1.29 is 9.53 Å². The number of nitrogens with one attached hydrogen (secondary N) is 1. The molecule has 2 aromatic rings. The first kappa shape index (κ1) is 21.1. The summed E-state index contributed by atoms with van der Waals surface area (Å²) in [5.74, 6) is 0. The van der Waals surface area contributed by atoms with Gasteiger partial charge in [-0.1, -0.05) is 12.1 Å². The topological polar surface area (TPSA) is 60.9 Å². The molecule has 1 atom stereocenters. The van der Waals surface area contributed by atoms with Crippen molar-refractivity contribution in [1.82, 2.24) is 14.8 Å². The maximum absolute atomic E-state index is 12.8. The number of aryl methyl sites for hydroxylation is 1. The normalized spacial score (nSPS) is 19.4. The average molecular weight is 430 g/mol. The molecule has 162 valence electrons. The maximum atomic E-state index is 12.8. The van der Waals surface area contributed by atoms with Crippen molar-refractivity contribution in [3.8, 4) is 0 Å². The quantitative estimate of drug-likeness (QED) is 0.805. The lowest BCUT2D eigenvalue weighted by atomic mass is 10.1. The van der Waals surface area contributed by atoms with E-state index < -0.39 is 0 Å². The zero-order chi connectivity index (χ0) is 20.9. The van der Waals surface area contributed by atoms with Gasteiger partial charge in [0.25, 0.3) is 0 Å². The van der Waals surface area contributed by atoms with E-state index in [-0.39, 0.29) is 6.03 Å². The van der Waals surface area contributed by atoms with Gasteiger partial charge < -0.3 is 19.9 Å². The summed E-state index contributed by atoms with van der Waals surface area (Å²) in [5.41, 5.74) is 3.16. The number of aromatic nitrogens is 1. The van der Waals surface area contributed by atoms with Crippen LogP contribution in [-0.4, -0.2) is 73.3 Å². The number of morpholine rings is 1. The third kappa shape index (κ3) is 5.11. The molecule has 0 saturated carbocycles. The zero-order valence-electron chi connectivity index (χ0n) is 17.8. The molecular weight excluding hydrogens is 398 g/mol. The van der Waals surface area contributed by atoms with E-state index in [1.165, 1.54) is 5.56 Å². The summed E-state index contributed by atoms with van der Waals surface area (Å²) in [5, 5.41) is 6.20. The van der Waals surface area contributed by atoms with Gasteiger partial charge in [-0.25, -0.2) is 9.78 Å². The molecule has 0 aliphatic carbocycles. The van der Waals surface area contributed by atoms with E-state index in [1.807, 2.05) is 24.0 Å². The van der Waals surface area contributed by atoms with Crippen LogP contribution >= 0.6 is 11.3 Å². The van der Waals surface area contributed by atoms with Crippen LogP contribution in [0.5, 0.6) is 0 Å². The fourth-order valence-corrected chi connectivity index (χ4v) is 4.88. The van der Waals surface area contributed by atoms with Crippen LogP contribution in [0.15, 0.2) is 29.6 Å². The number of benzene rings is 1. The van der Waals surface area contributed by atoms with Crippen molar-refractivity contribution in [2.75, 3.05) is 62.7 Å². The molecule has 1 aromatic heterocycles. The highest BCUT2D eigenvalue weighted by Crippen LogP contribution is 2.24. The van der Waals surface area contributed by atoms with Gasteiger partial charge in [0.15, 0.2) is 5.13 Å². The number of hydrogen-bond acceptors (Lipinski definition) is 6. The lowest BCUT2D eigenvalue weighted by molar-refractivity contribution is 0.0198. The molecule has 8 heteroatoms. The average Bonchev–Trinajstić information content (AvgIpc) is 3.06. The molecule has 3 heterocycles. The second kappa shape index (κ2) is 9.76. The number of urea groups is 1. The largest absolute Gasteiger partial charge is 0.379 e. The van der Waals surface area contributed by atoms with E-state index in [9.17, 15) is 4.79 Å². The van der Waals surface area contributed by atoms with Gasteiger partial charge in [0.05, 0.1) is 18.9 Å². The summed E-state index contributed by atoms with van der Waals surface area (Å²) in [6.45, 7) is 11.0. The molecular formula is C22H31N5O2S. The summed E-state index contributed by atoms with van der Waals surface area (Å²) in [6, 6.07) is 8.57. The number of nitrogens with zero attached hydrogens (tertiary/aromatic N) is 4. The van der Waals surface area contributed by atoms with Crippen LogP contribution in [0, 0.1) is 6.92 Å². The number of rotatable bonds is 4. The SMILES string of the molecule is Cc1csc(N2CCCN(C(=O)Nc3ccc(C(C)N4CCOCC4)cc3)CC2)n1. The Morgan fingerprint density at radius 3 is 2.57 bits per heavy atom. The van der Waals surface area contributed by atoms with Crippen molar-refractivity contribution in [3.05, 3.63) is 40.9 Å². The molecule has 7 nitrogen and oxygen atoms in total. The Hall–Kier alpha value is -2.16. The molecule has 1 N–H and O–H groups in total. The minimum atomic E-state index is -0.0267. The Morgan fingerprint density at radius 1 is 1.10 bits per heavy atom. The van der Waals surface area contributed by atoms with Gasteiger partial charge in [-0.15, -0.1) is 11.3 Å². The predicted molar refractivity (Wildman–Crippen MR) is 122 cm³/mol. The Morgan fingerprint density at radius 2 is 1.87 bits per heavy atom. The standard InChI is InChI=1S/C22H31N5O2S/c1-17-16-30-22(23-17)27-9-3-8-26(10-11-27)21(28)24-20-6-4-19(5-7-20)18(2)25-12-14-29-15-13-25/h4-7,16,18H,3,8-15H2,1-2H3,(H,24,28). The minimum Gasteiger partial charge on any atom is -0.379 e. The van der Waals surface area contributed by atoms with Crippen LogP contribution in [0.2, 0.25) is 0 Å². The Labute approximate surface area is 182 Å². The van der Waals surface area contributed by atoms with Gasteiger partial charge in [0.1, 0.15) is 0 Å². The first-order valence-electron chi connectivity index (χ1n) is 10.7. The molecule has 2 saturated heterocycles. The number of carbonyl (C=O) groups is 1. The molecule has 0 radical (unpaired) electrons. The second-order valence-electron chi connectivity index (χ2n) is 7.98. The first-order valence-corrected chi connectivity index (χ1v) is 11.6. The van der Waals surface area contributed by atoms with E-state index in [0.717, 1.165) is 68.9 Å². The number of thiazole rings is 1. The smallest absolute Gasteiger partial charge is 0.321 e. The van der Waals surface area contributed by atoms with E-state index in [2.05, 4.69) is 44.5 Å². The molecule has 2 aliphatic heterocycles. The van der Waals surface area contributed by atoms with Gasteiger partial charge in [0, 0.05) is 56.4 Å². The lowest BCUT2D eigenvalue weighted by Crippen LogP contribution is -2.38. The first-order chi connectivity index (χ1) is 14.6. The van der Waals surface area contributed by atoms with Gasteiger partial charge in [-0.05, 0) is 38.0 Å². The lowest BCUT2D eigenvalue weighted by Gasteiger charge is -2.32. The fourth-order valence-electron chi connectivity index (χ4n) is 4.02.